The van der Waals surface area contributed by atoms with E-state index < -0.39 is 0 Å². The highest BCUT2D eigenvalue weighted by atomic mass is 16.1. The lowest BCUT2D eigenvalue weighted by Gasteiger charge is -2.26. The highest BCUT2D eigenvalue weighted by Crippen LogP contribution is 2.27. The fourth-order valence-electron chi connectivity index (χ4n) is 2.53. The first kappa shape index (κ1) is 13.0. The van der Waals surface area contributed by atoms with Crippen LogP contribution in [0.2, 0.25) is 0 Å². The third-order valence-corrected chi connectivity index (χ3v) is 4.13. The van der Waals surface area contributed by atoms with Gasteiger partial charge in [0.1, 0.15) is 0 Å². The Balaban J connectivity index is 1.66. The van der Waals surface area contributed by atoms with Crippen molar-refractivity contribution in [1.82, 2.24) is 9.88 Å². The Morgan fingerprint density at radius 2 is 1.85 bits per heavy atom. The van der Waals surface area contributed by atoms with Crippen molar-refractivity contribution in [3.63, 3.8) is 0 Å². The first-order chi connectivity index (χ1) is 9.74. The van der Waals surface area contributed by atoms with Crippen LogP contribution in [0.25, 0.3) is 5.69 Å². The fourth-order valence-corrected chi connectivity index (χ4v) is 2.53. The summed E-state index contributed by atoms with van der Waals surface area (Å²) >= 11 is 0. The summed E-state index contributed by atoms with van der Waals surface area (Å²) in [6, 6.07) is 12.4. The monoisotopic (exact) mass is 268 g/mol. The molecule has 1 aliphatic carbocycles. The smallest absolute Gasteiger partial charge is 0.223 e. The van der Waals surface area contributed by atoms with Crippen LogP contribution in [0, 0.1) is 5.92 Å². The van der Waals surface area contributed by atoms with Gasteiger partial charge < -0.3 is 9.88 Å². The molecule has 1 aromatic heterocycles. The molecule has 1 aromatic carbocycles. The number of carbonyl (C=O) groups excluding carboxylic acids is 1. The van der Waals surface area contributed by atoms with Crippen molar-refractivity contribution in [2.45, 2.75) is 32.2 Å². The number of amides is 1. The Hall–Kier alpha value is -2.03. The zero-order chi connectivity index (χ0) is 13.9. The maximum atomic E-state index is 11.9. The van der Waals surface area contributed by atoms with Gasteiger partial charge in [0.25, 0.3) is 0 Å². The molecular weight excluding hydrogens is 248 g/mol. The van der Waals surface area contributed by atoms with E-state index in [1.807, 2.05) is 31.5 Å². The van der Waals surface area contributed by atoms with Gasteiger partial charge in [-0.05, 0) is 49.6 Å². The molecule has 0 saturated heterocycles. The largest absolute Gasteiger partial charge is 0.349 e. The Morgan fingerprint density at radius 3 is 2.40 bits per heavy atom. The molecule has 104 valence electrons. The fraction of sp³-hybridized carbons (Fsp3) is 0.353. The van der Waals surface area contributed by atoms with Crippen molar-refractivity contribution in [1.29, 1.82) is 0 Å². The molecule has 3 nitrogen and oxygen atoms in total. The number of hydrogen-bond donors (Lipinski definition) is 1. The predicted molar refractivity (Wildman–Crippen MR) is 79.7 cm³/mol. The topological polar surface area (TPSA) is 34.0 Å². The third kappa shape index (κ3) is 2.62. The maximum absolute atomic E-state index is 11.9. The molecule has 2 aromatic rings. The highest BCUT2D eigenvalue weighted by Gasteiger charge is 2.26. The second kappa shape index (κ2) is 5.53. The van der Waals surface area contributed by atoms with E-state index in [1.54, 1.807) is 0 Å². The quantitative estimate of drug-likeness (QED) is 0.905. The predicted octanol–water partition coefficient (Wildman–Crippen LogP) is 3.45. The molecule has 0 bridgehead atoms. The van der Waals surface area contributed by atoms with Gasteiger partial charge in [-0.25, -0.2) is 0 Å². The van der Waals surface area contributed by atoms with E-state index in [1.165, 1.54) is 6.42 Å². The van der Waals surface area contributed by atoms with E-state index in [4.69, 9.17) is 0 Å². The minimum Gasteiger partial charge on any atom is -0.349 e. The van der Waals surface area contributed by atoms with Crippen LogP contribution >= 0.6 is 0 Å². The number of benzene rings is 1. The summed E-state index contributed by atoms with van der Waals surface area (Å²) in [5.74, 6) is 0.454. The van der Waals surface area contributed by atoms with E-state index >= 15 is 0 Å². The third-order valence-electron chi connectivity index (χ3n) is 4.13. The summed E-state index contributed by atoms with van der Waals surface area (Å²) in [5.41, 5.74) is 2.28. The molecule has 1 aliphatic rings. The van der Waals surface area contributed by atoms with Crippen LogP contribution < -0.4 is 5.32 Å². The molecule has 1 heterocycles. The first-order valence-corrected chi connectivity index (χ1v) is 7.28. The number of rotatable bonds is 4. The normalized spacial score (nSPS) is 16.4. The SMILES string of the molecule is C[C@H](NC(=O)C1CCC1)c1ccc(-n2cccc2)cc1. The molecule has 3 rings (SSSR count). The molecule has 1 N–H and O–H groups in total. The van der Waals surface area contributed by atoms with E-state index in [2.05, 4.69) is 34.1 Å². The van der Waals surface area contributed by atoms with Crippen molar-refractivity contribution >= 4 is 5.91 Å². The van der Waals surface area contributed by atoms with Crippen molar-refractivity contribution in [3.05, 3.63) is 54.4 Å². The van der Waals surface area contributed by atoms with Crippen LogP contribution in [-0.2, 0) is 4.79 Å². The molecule has 0 radical (unpaired) electrons. The average Bonchev–Trinajstić information content (AvgIpc) is 2.90. The van der Waals surface area contributed by atoms with Crippen molar-refractivity contribution in [2.24, 2.45) is 5.92 Å². The maximum Gasteiger partial charge on any atom is 0.223 e. The lowest BCUT2D eigenvalue weighted by molar-refractivity contribution is -0.128. The van der Waals surface area contributed by atoms with E-state index in [-0.39, 0.29) is 17.9 Å². The van der Waals surface area contributed by atoms with Crippen LogP contribution in [0.3, 0.4) is 0 Å². The van der Waals surface area contributed by atoms with Gasteiger partial charge in [-0.2, -0.15) is 0 Å². The summed E-state index contributed by atoms with van der Waals surface area (Å²) in [4.78, 5) is 11.9. The van der Waals surface area contributed by atoms with Crippen LogP contribution in [-0.4, -0.2) is 10.5 Å². The molecule has 1 atom stereocenters. The summed E-state index contributed by atoms with van der Waals surface area (Å²) in [6.07, 6.45) is 7.34. The number of nitrogens with one attached hydrogen (secondary N) is 1. The minimum atomic E-state index is 0.0711. The van der Waals surface area contributed by atoms with Crippen LogP contribution in [0.1, 0.15) is 37.8 Å². The zero-order valence-corrected chi connectivity index (χ0v) is 11.8. The molecule has 1 amide bonds. The van der Waals surface area contributed by atoms with E-state index in [9.17, 15) is 4.79 Å². The number of aromatic nitrogens is 1. The van der Waals surface area contributed by atoms with Crippen molar-refractivity contribution in [2.75, 3.05) is 0 Å². The standard InChI is InChI=1S/C17H20N2O/c1-13(18-17(20)15-5-4-6-15)14-7-9-16(10-8-14)19-11-2-3-12-19/h2-3,7-13,15H,4-6H2,1H3,(H,18,20)/t13-/m0/s1. The number of nitrogens with zero attached hydrogens (tertiary/aromatic N) is 1. The molecule has 0 spiro atoms. The Morgan fingerprint density at radius 1 is 1.20 bits per heavy atom. The second-order valence-electron chi connectivity index (χ2n) is 5.54. The summed E-state index contributed by atoms with van der Waals surface area (Å²) < 4.78 is 2.07. The second-order valence-corrected chi connectivity index (χ2v) is 5.54. The van der Waals surface area contributed by atoms with Gasteiger partial charge in [-0.3, -0.25) is 4.79 Å². The molecular formula is C17H20N2O. The number of carbonyl (C=O) groups is 1. The van der Waals surface area contributed by atoms with Gasteiger partial charge in [0.15, 0.2) is 0 Å². The first-order valence-electron chi connectivity index (χ1n) is 7.28. The lowest BCUT2D eigenvalue weighted by Crippen LogP contribution is -2.35. The summed E-state index contributed by atoms with van der Waals surface area (Å²) in [6.45, 7) is 2.04. The molecule has 1 saturated carbocycles. The van der Waals surface area contributed by atoms with Gasteiger partial charge in [-0.15, -0.1) is 0 Å². The van der Waals surface area contributed by atoms with Crippen LogP contribution in [0.15, 0.2) is 48.8 Å². The van der Waals surface area contributed by atoms with Gasteiger partial charge in [0.05, 0.1) is 6.04 Å². The lowest BCUT2D eigenvalue weighted by atomic mass is 9.84. The highest BCUT2D eigenvalue weighted by molar-refractivity contribution is 5.79. The van der Waals surface area contributed by atoms with Gasteiger partial charge in [-0.1, -0.05) is 18.6 Å². The van der Waals surface area contributed by atoms with Crippen molar-refractivity contribution < 1.29 is 4.79 Å². The number of hydrogen-bond acceptors (Lipinski definition) is 1. The molecule has 1 fully saturated rings. The molecule has 0 unspecified atom stereocenters. The van der Waals surface area contributed by atoms with Crippen LogP contribution in [0.4, 0.5) is 0 Å². The van der Waals surface area contributed by atoms with Gasteiger partial charge >= 0.3 is 0 Å². The average molecular weight is 268 g/mol. The van der Waals surface area contributed by atoms with Gasteiger partial charge in [0.2, 0.25) is 5.91 Å². The van der Waals surface area contributed by atoms with E-state index in [0.717, 1.165) is 24.1 Å². The zero-order valence-electron chi connectivity index (χ0n) is 11.8. The van der Waals surface area contributed by atoms with Crippen molar-refractivity contribution in [3.8, 4) is 5.69 Å². The van der Waals surface area contributed by atoms with Crippen LogP contribution in [0.5, 0.6) is 0 Å². The summed E-state index contributed by atoms with van der Waals surface area (Å²) in [5, 5.41) is 3.11. The van der Waals surface area contributed by atoms with E-state index in [0.29, 0.717) is 0 Å². The Labute approximate surface area is 119 Å². The summed E-state index contributed by atoms with van der Waals surface area (Å²) in [7, 11) is 0. The Bertz CT molecular complexity index is 568. The molecule has 3 heteroatoms. The minimum absolute atomic E-state index is 0.0711. The Kier molecular flexibility index (Phi) is 3.59. The molecule has 20 heavy (non-hydrogen) atoms. The van der Waals surface area contributed by atoms with Gasteiger partial charge in [0, 0.05) is 24.0 Å². The molecule has 0 aliphatic heterocycles.